The fourth-order valence-corrected chi connectivity index (χ4v) is 3.25. The van der Waals surface area contributed by atoms with Crippen LogP contribution in [0.15, 0.2) is 36.4 Å². The molecule has 0 aliphatic heterocycles. The van der Waals surface area contributed by atoms with E-state index in [9.17, 15) is 0 Å². The minimum Gasteiger partial charge on any atom is -0.331 e. The Labute approximate surface area is 123 Å². The minimum atomic E-state index is 0.967. The molecule has 0 aliphatic carbocycles. The van der Waals surface area contributed by atoms with Crippen LogP contribution in [0.1, 0.15) is 23.6 Å². The van der Waals surface area contributed by atoms with E-state index in [1.165, 1.54) is 27.1 Å². The second kappa shape index (κ2) is 5.25. The Hall–Kier alpha value is -1.87. The van der Waals surface area contributed by atoms with E-state index < -0.39 is 0 Å². The van der Waals surface area contributed by atoms with Gasteiger partial charge < -0.3 is 5.32 Å². The first-order valence-electron chi connectivity index (χ1n) is 6.90. The Kier molecular flexibility index (Phi) is 3.45. The quantitative estimate of drug-likeness (QED) is 0.712. The number of hydrogen-bond acceptors (Lipinski definition) is 3. The maximum atomic E-state index is 4.69. The lowest BCUT2D eigenvalue weighted by Gasteiger charge is -2.11. The Balaban J connectivity index is 2.01. The number of nitrogens with one attached hydrogen (secondary N) is 1. The van der Waals surface area contributed by atoms with Gasteiger partial charge in [-0.15, -0.1) is 0 Å². The number of anilines is 2. The molecule has 0 unspecified atom stereocenters. The number of nitrogens with zero attached hydrogens (tertiary/aromatic N) is 1. The van der Waals surface area contributed by atoms with E-state index in [-0.39, 0.29) is 0 Å². The smallest absolute Gasteiger partial charge is 0.188 e. The highest BCUT2D eigenvalue weighted by Crippen LogP contribution is 2.31. The standard InChI is InChI=1S/C17H18N2S/c1-4-13-7-5-6-12(3)16(13)19-17-18-14-10-11(2)8-9-15(14)20-17/h5-10H,4H2,1-3H3,(H,18,19). The first-order chi connectivity index (χ1) is 9.67. The van der Waals surface area contributed by atoms with E-state index in [2.05, 4.69) is 62.5 Å². The molecule has 20 heavy (non-hydrogen) atoms. The van der Waals surface area contributed by atoms with Crippen molar-refractivity contribution >= 4 is 32.4 Å². The molecule has 0 atom stereocenters. The average molecular weight is 282 g/mol. The van der Waals surface area contributed by atoms with Gasteiger partial charge in [-0.3, -0.25) is 0 Å². The molecule has 0 radical (unpaired) electrons. The number of rotatable bonds is 3. The summed E-state index contributed by atoms with van der Waals surface area (Å²) in [6.45, 7) is 6.42. The highest BCUT2D eigenvalue weighted by Gasteiger charge is 2.08. The number of hydrogen-bond donors (Lipinski definition) is 1. The van der Waals surface area contributed by atoms with Crippen molar-refractivity contribution in [3.63, 3.8) is 0 Å². The second-order valence-corrected chi connectivity index (χ2v) is 6.11. The van der Waals surface area contributed by atoms with Gasteiger partial charge in [0.1, 0.15) is 0 Å². The normalized spacial score (nSPS) is 10.9. The molecule has 0 bridgehead atoms. The highest BCUT2D eigenvalue weighted by atomic mass is 32.1. The summed E-state index contributed by atoms with van der Waals surface area (Å²) < 4.78 is 1.23. The van der Waals surface area contributed by atoms with Crippen molar-refractivity contribution in [3.8, 4) is 0 Å². The Morgan fingerprint density at radius 1 is 1.15 bits per heavy atom. The van der Waals surface area contributed by atoms with Gasteiger partial charge in [-0.2, -0.15) is 0 Å². The van der Waals surface area contributed by atoms with Crippen LogP contribution in [0.4, 0.5) is 10.8 Å². The van der Waals surface area contributed by atoms with E-state index in [1.807, 2.05) is 0 Å². The fraction of sp³-hybridized carbons (Fsp3) is 0.235. The minimum absolute atomic E-state index is 0.967. The summed E-state index contributed by atoms with van der Waals surface area (Å²) in [4.78, 5) is 4.69. The van der Waals surface area contributed by atoms with Gasteiger partial charge in [0, 0.05) is 5.69 Å². The lowest BCUT2D eigenvalue weighted by Crippen LogP contribution is -1.97. The third-order valence-electron chi connectivity index (χ3n) is 3.51. The molecule has 1 aromatic heterocycles. The molecule has 0 spiro atoms. The second-order valence-electron chi connectivity index (χ2n) is 5.08. The number of thiazole rings is 1. The zero-order valence-electron chi connectivity index (χ0n) is 12.0. The van der Waals surface area contributed by atoms with E-state index in [0.717, 1.165) is 17.1 Å². The number of aryl methyl sites for hydroxylation is 3. The van der Waals surface area contributed by atoms with Crippen LogP contribution in [0, 0.1) is 13.8 Å². The van der Waals surface area contributed by atoms with Crippen LogP contribution in [0.2, 0.25) is 0 Å². The Morgan fingerprint density at radius 3 is 2.80 bits per heavy atom. The zero-order chi connectivity index (χ0) is 14.1. The predicted molar refractivity (Wildman–Crippen MR) is 88.2 cm³/mol. The number of aromatic nitrogens is 1. The summed E-state index contributed by atoms with van der Waals surface area (Å²) >= 11 is 1.71. The lowest BCUT2D eigenvalue weighted by molar-refractivity contribution is 1.13. The summed E-state index contributed by atoms with van der Waals surface area (Å²) in [6.07, 6.45) is 1.02. The largest absolute Gasteiger partial charge is 0.331 e. The van der Waals surface area contributed by atoms with E-state index in [1.54, 1.807) is 11.3 Å². The van der Waals surface area contributed by atoms with E-state index in [0.29, 0.717) is 0 Å². The van der Waals surface area contributed by atoms with Gasteiger partial charge in [0.2, 0.25) is 0 Å². The third kappa shape index (κ3) is 2.41. The van der Waals surface area contributed by atoms with Crippen molar-refractivity contribution in [3.05, 3.63) is 53.1 Å². The molecular formula is C17H18N2S. The molecule has 3 aromatic rings. The first-order valence-corrected chi connectivity index (χ1v) is 7.71. The van der Waals surface area contributed by atoms with Gasteiger partial charge in [0.15, 0.2) is 5.13 Å². The number of fused-ring (bicyclic) bond motifs is 1. The van der Waals surface area contributed by atoms with Crippen LogP contribution in [-0.4, -0.2) is 4.98 Å². The summed E-state index contributed by atoms with van der Waals surface area (Å²) in [6, 6.07) is 12.8. The van der Waals surface area contributed by atoms with Gasteiger partial charge in [-0.05, 0) is 49.1 Å². The number of para-hydroxylation sites is 1. The van der Waals surface area contributed by atoms with E-state index >= 15 is 0 Å². The lowest BCUT2D eigenvalue weighted by atomic mass is 10.1. The van der Waals surface area contributed by atoms with Crippen LogP contribution in [0.25, 0.3) is 10.2 Å². The molecule has 3 rings (SSSR count). The Bertz CT molecular complexity index is 759. The summed E-state index contributed by atoms with van der Waals surface area (Å²) in [5.41, 5.74) is 6.12. The van der Waals surface area contributed by atoms with Crippen LogP contribution >= 0.6 is 11.3 Å². The fourth-order valence-electron chi connectivity index (χ4n) is 2.40. The third-order valence-corrected chi connectivity index (χ3v) is 4.47. The molecule has 1 N–H and O–H groups in total. The van der Waals surface area contributed by atoms with Crippen LogP contribution in [0.5, 0.6) is 0 Å². The van der Waals surface area contributed by atoms with Crippen LogP contribution < -0.4 is 5.32 Å². The van der Waals surface area contributed by atoms with Crippen molar-refractivity contribution in [1.82, 2.24) is 4.98 Å². The molecule has 0 saturated heterocycles. The summed E-state index contributed by atoms with van der Waals surface area (Å²) in [5.74, 6) is 0. The van der Waals surface area contributed by atoms with Gasteiger partial charge in [0.25, 0.3) is 0 Å². The zero-order valence-corrected chi connectivity index (χ0v) is 12.8. The molecular weight excluding hydrogens is 264 g/mol. The SMILES string of the molecule is CCc1cccc(C)c1Nc1nc2cc(C)ccc2s1. The van der Waals surface area contributed by atoms with Crippen molar-refractivity contribution in [2.24, 2.45) is 0 Å². The summed E-state index contributed by atoms with van der Waals surface area (Å²) in [7, 11) is 0. The summed E-state index contributed by atoms with van der Waals surface area (Å²) in [5, 5.41) is 4.48. The van der Waals surface area contributed by atoms with Crippen molar-refractivity contribution in [1.29, 1.82) is 0 Å². The topological polar surface area (TPSA) is 24.9 Å². The van der Waals surface area contributed by atoms with Gasteiger partial charge in [0.05, 0.1) is 10.2 Å². The predicted octanol–water partition coefficient (Wildman–Crippen LogP) is 5.22. The molecule has 1 heterocycles. The monoisotopic (exact) mass is 282 g/mol. The van der Waals surface area contributed by atoms with Crippen LogP contribution in [-0.2, 0) is 6.42 Å². The molecule has 0 saturated carbocycles. The van der Waals surface area contributed by atoms with Gasteiger partial charge in [-0.25, -0.2) is 4.98 Å². The molecule has 0 amide bonds. The first kappa shape index (κ1) is 13.1. The van der Waals surface area contributed by atoms with Crippen molar-refractivity contribution in [2.45, 2.75) is 27.2 Å². The molecule has 0 fully saturated rings. The molecule has 2 nitrogen and oxygen atoms in total. The maximum absolute atomic E-state index is 4.69. The number of benzene rings is 2. The van der Waals surface area contributed by atoms with Gasteiger partial charge in [-0.1, -0.05) is 42.5 Å². The maximum Gasteiger partial charge on any atom is 0.188 e. The molecule has 3 heteroatoms. The Morgan fingerprint density at radius 2 is 2.00 bits per heavy atom. The molecule has 0 aliphatic rings. The van der Waals surface area contributed by atoms with Crippen molar-refractivity contribution < 1.29 is 0 Å². The highest BCUT2D eigenvalue weighted by molar-refractivity contribution is 7.22. The molecule has 102 valence electrons. The van der Waals surface area contributed by atoms with E-state index in [4.69, 9.17) is 4.98 Å². The average Bonchev–Trinajstić information content (AvgIpc) is 2.82. The van der Waals surface area contributed by atoms with Crippen LogP contribution in [0.3, 0.4) is 0 Å². The van der Waals surface area contributed by atoms with Crippen molar-refractivity contribution in [2.75, 3.05) is 5.32 Å². The molecule has 2 aromatic carbocycles. The van der Waals surface area contributed by atoms with Gasteiger partial charge >= 0.3 is 0 Å².